The van der Waals surface area contributed by atoms with E-state index in [9.17, 15) is 4.79 Å². The molecule has 1 amide bonds. The van der Waals surface area contributed by atoms with Gasteiger partial charge < -0.3 is 5.32 Å². The van der Waals surface area contributed by atoms with Crippen LogP contribution in [-0.2, 0) is 0 Å². The van der Waals surface area contributed by atoms with E-state index in [1.165, 1.54) is 0 Å². The fourth-order valence-electron chi connectivity index (χ4n) is 0.182. The lowest BCUT2D eigenvalue weighted by Gasteiger charge is -1.95. The summed E-state index contributed by atoms with van der Waals surface area (Å²) in [7, 11) is 0.888. The SMILES string of the molecule is O=C(NCCBr)SS. The molecule has 0 unspecified atom stereocenters. The average molecular weight is 216 g/mol. The first-order valence-electron chi connectivity index (χ1n) is 1.96. The molecule has 0 saturated heterocycles. The van der Waals surface area contributed by atoms with Crippen molar-refractivity contribution in [1.29, 1.82) is 0 Å². The molecule has 0 aliphatic carbocycles. The van der Waals surface area contributed by atoms with Crippen molar-refractivity contribution >= 4 is 43.6 Å². The van der Waals surface area contributed by atoms with Gasteiger partial charge in [-0.05, 0) is 0 Å². The molecule has 0 saturated carbocycles. The van der Waals surface area contributed by atoms with Crippen LogP contribution in [0.2, 0.25) is 0 Å². The van der Waals surface area contributed by atoms with Gasteiger partial charge in [-0.25, -0.2) is 0 Å². The van der Waals surface area contributed by atoms with E-state index < -0.39 is 0 Å². The molecule has 5 heteroatoms. The van der Waals surface area contributed by atoms with Crippen molar-refractivity contribution in [3.8, 4) is 0 Å². The van der Waals surface area contributed by atoms with Gasteiger partial charge >= 0.3 is 0 Å². The molecule has 0 aromatic carbocycles. The highest BCUT2D eigenvalue weighted by atomic mass is 79.9. The Morgan fingerprint density at radius 2 is 2.50 bits per heavy atom. The third-order valence-electron chi connectivity index (χ3n) is 0.447. The van der Waals surface area contributed by atoms with Gasteiger partial charge in [-0.1, -0.05) is 15.9 Å². The topological polar surface area (TPSA) is 29.1 Å². The predicted octanol–water partition coefficient (Wildman–Crippen LogP) is 1.67. The van der Waals surface area contributed by atoms with Gasteiger partial charge in [-0.3, -0.25) is 4.79 Å². The lowest BCUT2D eigenvalue weighted by molar-refractivity contribution is 0.261. The van der Waals surface area contributed by atoms with Crippen LogP contribution in [-0.4, -0.2) is 17.1 Å². The van der Waals surface area contributed by atoms with Crippen molar-refractivity contribution in [3.63, 3.8) is 0 Å². The summed E-state index contributed by atoms with van der Waals surface area (Å²) in [5.41, 5.74) is 0. The molecular formula is C3H6BrNOS2. The number of carbonyl (C=O) groups excluding carboxylic acids is 1. The van der Waals surface area contributed by atoms with Crippen molar-refractivity contribution < 1.29 is 4.79 Å². The monoisotopic (exact) mass is 215 g/mol. The van der Waals surface area contributed by atoms with Crippen LogP contribution in [0.3, 0.4) is 0 Å². The van der Waals surface area contributed by atoms with E-state index in [-0.39, 0.29) is 5.24 Å². The second-order valence-electron chi connectivity index (χ2n) is 0.995. The van der Waals surface area contributed by atoms with Crippen molar-refractivity contribution in [2.75, 3.05) is 11.9 Å². The third-order valence-corrected chi connectivity index (χ3v) is 1.65. The number of hydrogen-bond donors (Lipinski definition) is 2. The van der Waals surface area contributed by atoms with Gasteiger partial charge in [0.05, 0.1) is 0 Å². The van der Waals surface area contributed by atoms with Gasteiger partial charge in [-0.15, -0.1) is 11.7 Å². The molecule has 0 atom stereocenters. The summed E-state index contributed by atoms with van der Waals surface area (Å²) in [6.45, 7) is 0.659. The maximum Gasteiger partial charge on any atom is 0.289 e. The van der Waals surface area contributed by atoms with E-state index in [4.69, 9.17) is 0 Å². The molecule has 0 spiro atoms. The van der Waals surface area contributed by atoms with Crippen molar-refractivity contribution in [3.05, 3.63) is 0 Å². The predicted molar refractivity (Wildman–Crippen MR) is 43.8 cm³/mol. The fourth-order valence-corrected chi connectivity index (χ4v) is 0.740. The Morgan fingerprint density at radius 3 is 2.88 bits per heavy atom. The zero-order chi connectivity index (χ0) is 6.41. The van der Waals surface area contributed by atoms with Gasteiger partial charge in [0.2, 0.25) is 0 Å². The van der Waals surface area contributed by atoms with E-state index in [2.05, 4.69) is 32.9 Å². The van der Waals surface area contributed by atoms with E-state index in [1.807, 2.05) is 0 Å². The summed E-state index contributed by atoms with van der Waals surface area (Å²) in [5.74, 6) is 0. The molecule has 8 heavy (non-hydrogen) atoms. The third kappa shape index (κ3) is 4.80. The minimum atomic E-state index is -0.104. The first kappa shape index (κ1) is 8.65. The average Bonchev–Trinajstić information content (AvgIpc) is 1.83. The van der Waals surface area contributed by atoms with Crippen molar-refractivity contribution in [2.45, 2.75) is 0 Å². The molecule has 2 nitrogen and oxygen atoms in total. The minimum absolute atomic E-state index is 0.104. The molecule has 48 valence electrons. The molecule has 0 aromatic rings. The summed E-state index contributed by atoms with van der Waals surface area (Å²) >= 11 is 6.84. The number of hydrogen-bond acceptors (Lipinski definition) is 3. The molecule has 0 fully saturated rings. The number of carbonyl (C=O) groups is 1. The van der Waals surface area contributed by atoms with Crippen LogP contribution in [0.25, 0.3) is 0 Å². The van der Waals surface area contributed by atoms with Crippen LogP contribution in [0.1, 0.15) is 0 Å². The Balaban J connectivity index is 2.99. The van der Waals surface area contributed by atoms with Crippen LogP contribution >= 0.6 is 38.4 Å². The Morgan fingerprint density at radius 1 is 1.88 bits per heavy atom. The number of alkyl halides is 1. The fraction of sp³-hybridized carbons (Fsp3) is 0.667. The molecular weight excluding hydrogens is 210 g/mol. The van der Waals surface area contributed by atoms with E-state index in [1.54, 1.807) is 0 Å². The number of halogens is 1. The number of amides is 1. The summed E-state index contributed by atoms with van der Waals surface area (Å²) in [6, 6.07) is 0. The number of rotatable bonds is 2. The van der Waals surface area contributed by atoms with Crippen LogP contribution in [0.4, 0.5) is 4.79 Å². The Kier molecular flexibility index (Phi) is 6.25. The van der Waals surface area contributed by atoms with Gasteiger partial charge in [-0.2, -0.15) is 0 Å². The molecule has 0 radical (unpaired) electrons. The molecule has 0 aliphatic rings. The number of nitrogens with one attached hydrogen (secondary N) is 1. The van der Waals surface area contributed by atoms with Gasteiger partial charge in [0.25, 0.3) is 5.24 Å². The molecule has 0 aliphatic heterocycles. The first-order chi connectivity index (χ1) is 3.81. The second-order valence-corrected chi connectivity index (χ2v) is 2.89. The smallest absolute Gasteiger partial charge is 0.289 e. The van der Waals surface area contributed by atoms with Gasteiger partial charge in [0.15, 0.2) is 0 Å². The highest BCUT2D eigenvalue weighted by molar-refractivity contribution is 9.09. The van der Waals surface area contributed by atoms with Crippen LogP contribution in [0.15, 0.2) is 0 Å². The minimum Gasteiger partial charge on any atom is -0.345 e. The first-order valence-corrected chi connectivity index (χ1v) is 4.95. The molecule has 0 rings (SSSR count). The number of thiol groups is 1. The molecule has 0 heterocycles. The largest absolute Gasteiger partial charge is 0.345 e. The van der Waals surface area contributed by atoms with Crippen LogP contribution < -0.4 is 5.32 Å². The quantitative estimate of drug-likeness (QED) is 0.417. The van der Waals surface area contributed by atoms with Crippen molar-refractivity contribution in [1.82, 2.24) is 5.32 Å². The molecule has 1 N–H and O–H groups in total. The zero-order valence-corrected chi connectivity index (χ0v) is 7.35. The summed E-state index contributed by atoms with van der Waals surface area (Å²) in [6.07, 6.45) is 0. The van der Waals surface area contributed by atoms with Crippen LogP contribution in [0.5, 0.6) is 0 Å². The molecule has 0 bridgehead atoms. The molecule has 0 aromatic heterocycles. The van der Waals surface area contributed by atoms with E-state index in [0.717, 1.165) is 16.1 Å². The summed E-state index contributed by atoms with van der Waals surface area (Å²) in [5, 5.41) is 3.26. The van der Waals surface area contributed by atoms with Crippen LogP contribution in [0, 0.1) is 0 Å². The standard InChI is InChI=1S/C3H6BrNOS2/c4-1-2-5-3(6)8-7/h7H,1-2H2,(H,5,6). The lowest BCUT2D eigenvalue weighted by Crippen LogP contribution is -2.19. The Hall–Kier alpha value is 0.650. The zero-order valence-electron chi connectivity index (χ0n) is 4.06. The maximum atomic E-state index is 10.3. The Bertz CT molecular complexity index is 79.7. The normalized spacial score (nSPS) is 8.75. The van der Waals surface area contributed by atoms with Crippen molar-refractivity contribution in [2.24, 2.45) is 0 Å². The Labute approximate surface area is 65.7 Å². The summed E-state index contributed by atoms with van der Waals surface area (Å²) < 4.78 is 0. The van der Waals surface area contributed by atoms with E-state index in [0.29, 0.717) is 6.54 Å². The highest BCUT2D eigenvalue weighted by Crippen LogP contribution is 2.04. The van der Waals surface area contributed by atoms with E-state index >= 15 is 0 Å². The lowest BCUT2D eigenvalue weighted by atomic mass is 10.8. The highest BCUT2D eigenvalue weighted by Gasteiger charge is 1.93. The summed E-state index contributed by atoms with van der Waals surface area (Å²) in [4.78, 5) is 10.3. The maximum absolute atomic E-state index is 10.3. The second kappa shape index (κ2) is 5.78. The van der Waals surface area contributed by atoms with Gasteiger partial charge in [0, 0.05) is 22.7 Å². The van der Waals surface area contributed by atoms with Gasteiger partial charge in [0.1, 0.15) is 0 Å².